The molecule has 1 aliphatic rings. The molecule has 0 saturated carbocycles. The molecule has 1 atom stereocenters. The molecule has 0 N–H and O–H groups in total. The van der Waals surface area contributed by atoms with E-state index in [2.05, 4.69) is 6.07 Å². The number of hydrogen-bond acceptors (Lipinski definition) is 2. The first-order chi connectivity index (χ1) is 10.5. The molecule has 116 valence electrons. The molecule has 0 amide bonds. The molecule has 0 spiro atoms. The van der Waals surface area contributed by atoms with Crippen LogP contribution >= 0.6 is 11.6 Å². The minimum Gasteiger partial charge on any atom is -0.207 e. The van der Waals surface area contributed by atoms with E-state index in [9.17, 15) is 8.42 Å². The number of aryl methyl sites for hydroxylation is 1. The second-order valence-corrected chi connectivity index (χ2v) is 7.97. The monoisotopic (exact) mass is 335 g/mol. The first kappa shape index (κ1) is 15.5. The summed E-state index contributed by atoms with van der Waals surface area (Å²) in [6, 6.07) is 14.5. The third-order valence-electron chi connectivity index (χ3n) is 4.03. The van der Waals surface area contributed by atoms with Gasteiger partial charge in [-0.05, 0) is 43.5 Å². The molecule has 0 unspecified atom stereocenters. The SMILES string of the molecule is Cc1cccc([C@@H]2CCCN2S(=O)(=O)c2cccc(Cl)c2)c1. The average Bonchev–Trinajstić information content (AvgIpc) is 2.97. The minimum absolute atomic E-state index is 0.0936. The number of hydrogen-bond donors (Lipinski definition) is 0. The van der Waals surface area contributed by atoms with Gasteiger partial charge in [-0.1, -0.05) is 47.5 Å². The van der Waals surface area contributed by atoms with Crippen molar-refractivity contribution in [2.75, 3.05) is 6.54 Å². The molecule has 2 aromatic rings. The summed E-state index contributed by atoms with van der Waals surface area (Å²) in [7, 11) is -3.52. The predicted octanol–water partition coefficient (Wildman–Crippen LogP) is 4.17. The summed E-state index contributed by atoms with van der Waals surface area (Å²) >= 11 is 5.95. The fraction of sp³-hybridized carbons (Fsp3) is 0.294. The second kappa shape index (κ2) is 6.03. The Balaban J connectivity index is 1.99. The van der Waals surface area contributed by atoms with E-state index in [-0.39, 0.29) is 10.9 Å². The van der Waals surface area contributed by atoms with E-state index in [1.165, 1.54) is 6.07 Å². The van der Waals surface area contributed by atoms with Crippen molar-refractivity contribution >= 4 is 21.6 Å². The van der Waals surface area contributed by atoms with Crippen LogP contribution in [-0.4, -0.2) is 19.3 Å². The lowest BCUT2D eigenvalue weighted by Crippen LogP contribution is -2.30. The lowest BCUT2D eigenvalue weighted by Gasteiger charge is -2.24. The van der Waals surface area contributed by atoms with Crippen LogP contribution in [0.4, 0.5) is 0 Å². The number of sulfonamides is 1. The number of nitrogens with zero attached hydrogens (tertiary/aromatic N) is 1. The summed E-state index contributed by atoms with van der Waals surface area (Å²) in [6.45, 7) is 2.57. The van der Waals surface area contributed by atoms with Gasteiger partial charge in [-0.25, -0.2) is 8.42 Å². The molecule has 0 bridgehead atoms. The van der Waals surface area contributed by atoms with Crippen LogP contribution in [0.2, 0.25) is 5.02 Å². The molecule has 1 fully saturated rings. The predicted molar refractivity (Wildman–Crippen MR) is 88.5 cm³/mol. The van der Waals surface area contributed by atoms with Crippen molar-refractivity contribution in [1.29, 1.82) is 0 Å². The zero-order valence-corrected chi connectivity index (χ0v) is 13.9. The fourth-order valence-corrected chi connectivity index (χ4v) is 4.98. The summed E-state index contributed by atoms with van der Waals surface area (Å²) in [4.78, 5) is 0.263. The van der Waals surface area contributed by atoms with Crippen LogP contribution in [0, 0.1) is 6.92 Å². The van der Waals surface area contributed by atoms with Gasteiger partial charge in [0.05, 0.1) is 10.9 Å². The van der Waals surface area contributed by atoms with Gasteiger partial charge in [0, 0.05) is 11.6 Å². The van der Waals surface area contributed by atoms with Gasteiger partial charge in [-0.2, -0.15) is 4.31 Å². The van der Waals surface area contributed by atoms with Crippen molar-refractivity contribution in [2.24, 2.45) is 0 Å². The van der Waals surface area contributed by atoms with Gasteiger partial charge in [0.25, 0.3) is 0 Å². The third-order valence-corrected chi connectivity index (χ3v) is 6.17. The van der Waals surface area contributed by atoms with Gasteiger partial charge in [-0.15, -0.1) is 0 Å². The minimum atomic E-state index is -3.52. The number of rotatable bonds is 3. The Morgan fingerprint density at radius 3 is 2.64 bits per heavy atom. The van der Waals surface area contributed by atoms with Gasteiger partial charge in [0.2, 0.25) is 10.0 Å². The highest BCUT2D eigenvalue weighted by Gasteiger charge is 2.36. The Morgan fingerprint density at radius 1 is 1.14 bits per heavy atom. The van der Waals surface area contributed by atoms with Crippen molar-refractivity contribution in [1.82, 2.24) is 4.31 Å². The van der Waals surface area contributed by atoms with Crippen LogP contribution in [0.25, 0.3) is 0 Å². The molecule has 22 heavy (non-hydrogen) atoms. The van der Waals surface area contributed by atoms with E-state index in [0.29, 0.717) is 11.6 Å². The first-order valence-electron chi connectivity index (χ1n) is 7.32. The highest BCUT2D eigenvalue weighted by molar-refractivity contribution is 7.89. The van der Waals surface area contributed by atoms with Crippen molar-refractivity contribution in [2.45, 2.75) is 30.7 Å². The molecule has 0 aromatic heterocycles. The molecule has 0 aliphatic carbocycles. The third kappa shape index (κ3) is 2.91. The topological polar surface area (TPSA) is 37.4 Å². The maximum Gasteiger partial charge on any atom is 0.243 e. The zero-order valence-electron chi connectivity index (χ0n) is 12.4. The zero-order chi connectivity index (χ0) is 15.7. The Hall–Kier alpha value is -1.36. The molecule has 3 nitrogen and oxygen atoms in total. The molecule has 1 aliphatic heterocycles. The molecule has 0 radical (unpaired) electrons. The Morgan fingerprint density at radius 2 is 1.91 bits per heavy atom. The Kier molecular flexibility index (Phi) is 4.26. The van der Waals surface area contributed by atoms with Crippen LogP contribution < -0.4 is 0 Å². The fourth-order valence-electron chi connectivity index (χ4n) is 3.00. The summed E-state index contributed by atoms with van der Waals surface area (Å²) < 4.78 is 27.4. The van der Waals surface area contributed by atoms with Crippen LogP contribution in [0.3, 0.4) is 0 Å². The van der Waals surface area contributed by atoms with Crippen molar-refractivity contribution in [3.05, 3.63) is 64.7 Å². The van der Waals surface area contributed by atoms with Crippen LogP contribution in [0.1, 0.15) is 30.0 Å². The molecule has 2 aromatic carbocycles. The molecular formula is C17H18ClNO2S. The van der Waals surface area contributed by atoms with E-state index in [0.717, 1.165) is 24.0 Å². The van der Waals surface area contributed by atoms with E-state index < -0.39 is 10.0 Å². The Bertz CT molecular complexity index is 789. The van der Waals surface area contributed by atoms with Gasteiger partial charge in [0.1, 0.15) is 0 Å². The summed E-state index contributed by atoms with van der Waals surface area (Å²) in [5.74, 6) is 0. The van der Waals surface area contributed by atoms with E-state index in [4.69, 9.17) is 11.6 Å². The molecule has 1 heterocycles. The standard InChI is InChI=1S/C17H18ClNO2S/c1-13-5-2-6-14(11-13)17-9-4-10-19(17)22(20,21)16-8-3-7-15(18)12-16/h2-3,5-8,11-12,17H,4,9-10H2,1H3/t17-/m0/s1. The summed E-state index contributed by atoms with van der Waals surface area (Å²) in [6.07, 6.45) is 1.72. The van der Waals surface area contributed by atoms with Gasteiger partial charge in [0.15, 0.2) is 0 Å². The Labute approximate surface area is 136 Å². The van der Waals surface area contributed by atoms with Crippen molar-refractivity contribution in [3.8, 4) is 0 Å². The molecule has 1 saturated heterocycles. The van der Waals surface area contributed by atoms with Gasteiger partial charge >= 0.3 is 0 Å². The largest absolute Gasteiger partial charge is 0.243 e. The van der Waals surface area contributed by atoms with Crippen LogP contribution in [0.15, 0.2) is 53.4 Å². The highest BCUT2D eigenvalue weighted by Crippen LogP contribution is 2.37. The van der Waals surface area contributed by atoms with Gasteiger partial charge in [-0.3, -0.25) is 0 Å². The van der Waals surface area contributed by atoms with Crippen molar-refractivity contribution in [3.63, 3.8) is 0 Å². The maximum atomic E-state index is 12.9. The van der Waals surface area contributed by atoms with Crippen LogP contribution in [-0.2, 0) is 10.0 Å². The second-order valence-electron chi connectivity index (χ2n) is 5.65. The van der Waals surface area contributed by atoms with E-state index >= 15 is 0 Å². The van der Waals surface area contributed by atoms with Gasteiger partial charge < -0.3 is 0 Å². The van der Waals surface area contributed by atoms with Crippen LogP contribution in [0.5, 0.6) is 0 Å². The molecular weight excluding hydrogens is 318 g/mol. The number of halogens is 1. The van der Waals surface area contributed by atoms with Crippen molar-refractivity contribution < 1.29 is 8.42 Å². The maximum absolute atomic E-state index is 12.9. The average molecular weight is 336 g/mol. The summed E-state index contributed by atoms with van der Waals surface area (Å²) in [5, 5.41) is 0.437. The van der Waals surface area contributed by atoms with E-state index in [1.54, 1.807) is 22.5 Å². The highest BCUT2D eigenvalue weighted by atomic mass is 35.5. The quantitative estimate of drug-likeness (QED) is 0.844. The molecule has 3 rings (SSSR count). The number of benzene rings is 2. The normalized spacial score (nSPS) is 19.5. The lowest BCUT2D eigenvalue weighted by atomic mass is 10.0. The lowest BCUT2D eigenvalue weighted by molar-refractivity contribution is 0.396. The first-order valence-corrected chi connectivity index (χ1v) is 9.14. The van der Waals surface area contributed by atoms with E-state index in [1.807, 2.05) is 25.1 Å². The summed E-state index contributed by atoms with van der Waals surface area (Å²) in [5.41, 5.74) is 2.20. The molecule has 5 heteroatoms. The smallest absolute Gasteiger partial charge is 0.207 e.